The van der Waals surface area contributed by atoms with Crippen molar-refractivity contribution in [2.75, 3.05) is 21.3 Å². The SMILES string of the molecule is COc1ccc(CN(Cc2ccncc2)Cc2ccc(C)cc2)c(OC)c1OC. The van der Waals surface area contributed by atoms with Gasteiger partial charge >= 0.3 is 0 Å². The lowest BCUT2D eigenvalue weighted by Crippen LogP contribution is -2.23. The van der Waals surface area contributed by atoms with E-state index in [2.05, 4.69) is 41.1 Å². The highest BCUT2D eigenvalue weighted by atomic mass is 16.5. The largest absolute Gasteiger partial charge is 0.493 e. The molecule has 0 atom stereocenters. The van der Waals surface area contributed by atoms with E-state index in [1.165, 1.54) is 16.7 Å². The van der Waals surface area contributed by atoms with E-state index in [9.17, 15) is 0 Å². The Morgan fingerprint density at radius 1 is 0.690 bits per heavy atom. The van der Waals surface area contributed by atoms with Crippen molar-refractivity contribution in [1.82, 2.24) is 9.88 Å². The van der Waals surface area contributed by atoms with Gasteiger partial charge in [-0.25, -0.2) is 0 Å². The van der Waals surface area contributed by atoms with E-state index in [1.807, 2.05) is 36.7 Å². The highest BCUT2D eigenvalue weighted by Gasteiger charge is 2.18. The van der Waals surface area contributed by atoms with Crippen LogP contribution in [-0.4, -0.2) is 31.2 Å². The minimum absolute atomic E-state index is 0.617. The fourth-order valence-electron chi connectivity index (χ4n) is 3.39. The molecule has 0 aliphatic carbocycles. The first-order valence-electron chi connectivity index (χ1n) is 9.59. The van der Waals surface area contributed by atoms with Crippen molar-refractivity contribution in [2.45, 2.75) is 26.6 Å². The number of pyridine rings is 1. The van der Waals surface area contributed by atoms with Crippen molar-refractivity contribution >= 4 is 0 Å². The molecule has 0 amide bonds. The molecule has 152 valence electrons. The summed E-state index contributed by atoms with van der Waals surface area (Å²) < 4.78 is 16.7. The average Bonchev–Trinajstić information content (AvgIpc) is 2.75. The van der Waals surface area contributed by atoms with Crippen molar-refractivity contribution < 1.29 is 14.2 Å². The molecule has 3 aromatic rings. The number of aryl methyl sites for hydroxylation is 1. The fraction of sp³-hybridized carbons (Fsp3) is 0.292. The smallest absolute Gasteiger partial charge is 0.203 e. The van der Waals surface area contributed by atoms with E-state index in [4.69, 9.17) is 14.2 Å². The third kappa shape index (κ3) is 5.27. The Morgan fingerprint density at radius 3 is 1.90 bits per heavy atom. The third-order valence-electron chi connectivity index (χ3n) is 4.86. The van der Waals surface area contributed by atoms with Crippen LogP contribution < -0.4 is 14.2 Å². The molecule has 0 radical (unpaired) electrons. The minimum atomic E-state index is 0.617. The van der Waals surface area contributed by atoms with Gasteiger partial charge in [0.15, 0.2) is 11.5 Å². The van der Waals surface area contributed by atoms with Gasteiger partial charge in [0.2, 0.25) is 5.75 Å². The second-order valence-electron chi connectivity index (χ2n) is 6.98. The topological polar surface area (TPSA) is 43.8 Å². The molecule has 0 aliphatic heterocycles. The summed E-state index contributed by atoms with van der Waals surface area (Å²) in [6, 6.07) is 16.7. The summed E-state index contributed by atoms with van der Waals surface area (Å²) >= 11 is 0. The zero-order valence-corrected chi connectivity index (χ0v) is 17.5. The first-order chi connectivity index (χ1) is 14.1. The number of benzene rings is 2. The summed E-state index contributed by atoms with van der Waals surface area (Å²) in [7, 11) is 4.92. The number of rotatable bonds is 9. The normalized spacial score (nSPS) is 10.8. The Hall–Kier alpha value is -3.05. The standard InChI is InChI=1S/C24H28N2O3/c1-18-5-7-19(8-6-18)15-26(16-20-11-13-25-14-12-20)17-21-9-10-22(27-2)24(29-4)23(21)28-3/h5-14H,15-17H2,1-4H3. The molecule has 29 heavy (non-hydrogen) atoms. The van der Waals surface area contributed by atoms with E-state index >= 15 is 0 Å². The molecule has 0 bridgehead atoms. The van der Waals surface area contributed by atoms with E-state index < -0.39 is 0 Å². The quantitative estimate of drug-likeness (QED) is 0.532. The molecule has 3 rings (SSSR count). The Balaban J connectivity index is 1.90. The van der Waals surface area contributed by atoms with Crippen LogP contribution in [-0.2, 0) is 19.6 Å². The highest BCUT2D eigenvalue weighted by molar-refractivity contribution is 5.55. The number of methoxy groups -OCH3 is 3. The fourth-order valence-corrected chi connectivity index (χ4v) is 3.39. The summed E-state index contributed by atoms with van der Waals surface area (Å²) in [5.41, 5.74) is 4.79. The van der Waals surface area contributed by atoms with Crippen LogP contribution in [0, 0.1) is 6.92 Å². The number of ether oxygens (including phenoxy) is 3. The lowest BCUT2D eigenvalue weighted by molar-refractivity contribution is 0.241. The molecule has 1 aromatic heterocycles. The molecular formula is C24H28N2O3. The van der Waals surface area contributed by atoms with Gasteiger partial charge in [-0.3, -0.25) is 9.88 Å². The van der Waals surface area contributed by atoms with Crippen LogP contribution in [0.15, 0.2) is 60.9 Å². The molecular weight excluding hydrogens is 364 g/mol. The molecule has 0 spiro atoms. The van der Waals surface area contributed by atoms with Crippen molar-refractivity contribution in [3.05, 3.63) is 83.2 Å². The van der Waals surface area contributed by atoms with E-state index in [0.717, 1.165) is 18.7 Å². The molecule has 5 nitrogen and oxygen atoms in total. The third-order valence-corrected chi connectivity index (χ3v) is 4.86. The molecule has 0 unspecified atom stereocenters. The second-order valence-corrected chi connectivity index (χ2v) is 6.98. The number of hydrogen-bond acceptors (Lipinski definition) is 5. The van der Waals surface area contributed by atoms with Crippen LogP contribution in [0.5, 0.6) is 17.2 Å². The molecule has 0 N–H and O–H groups in total. The van der Waals surface area contributed by atoms with Gasteiger partial charge in [0.1, 0.15) is 0 Å². The van der Waals surface area contributed by atoms with Crippen LogP contribution in [0.3, 0.4) is 0 Å². The lowest BCUT2D eigenvalue weighted by atomic mass is 10.1. The molecule has 0 aliphatic rings. The first kappa shape index (κ1) is 20.7. The van der Waals surface area contributed by atoms with Gasteiger partial charge in [-0.2, -0.15) is 0 Å². The summed E-state index contributed by atoms with van der Waals surface area (Å²) in [4.78, 5) is 6.51. The van der Waals surface area contributed by atoms with Crippen LogP contribution in [0.4, 0.5) is 0 Å². The first-order valence-corrected chi connectivity index (χ1v) is 9.59. The van der Waals surface area contributed by atoms with Crippen molar-refractivity contribution in [3.8, 4) is 17.2 Å². The summed E-state index contributed by atoms with van der Waals surface area (Å²) in [6.45, 7) is 4.43. The number of nitrogens with zero attached hydrogens (tertiary/aromatic N) is 2. The minimum Gasteiger partial charge on any atom is -0.493 e. The average molecular weight is 392 g/mol. The number of hydrogen-bond donors (Lipinski definition) is 0. The van der Waals surface area contributed by atoms with E-state index in [0.29, 0.717) is 23.8 Å². The van der Waals surface area contributed by atoms with Crippen molar-refractivity contribution in [3.63, 3.8) is 0 Å². The molecule has 0 saturated heterocycles. The van der Waals surface area contributed by atoms with Gasteiger partial charge in [0.25, 0.3) is 0 Å². The summed E-state index contributed by atoms with van der Waals surface area (Å²) in [5, 5.41) is 0. The van der Waals surface area contributed by atoms with Crippen LogP contribution in [0.25, 0.3) is 0 Å². The van der Waals surface area contributed by atoms with E-state index in [-0.39, 0.29) is 0 Å². The predicted octanol–water partition coefficient (Wildman–Crippen LogP) is 4.62. The zero-order valence-electron chi connectivity index (χ0n) is 17.5. The predicted molar refractivity (Wildman–Crippen MR) is 114 cm³/mol. The maximum absolute atomic E-state index is 5.69. The molecule has 5 heteroatoms. The van der Waals surface area contributed by atoms with Gasteiger partial charge in [0.05, 0.1) is 21.3 Å². The van der Waals surface area contributed by atoms with Crippen LogP contribution in [0.1, 0.15) is 22.3 Å². The van der Waals surface area contributed by atoms with Crippen LogP contribution >= 0.6 is 0 Å². The Kier molecular flexibility index (Phi) is 7.09. The van der Waals surface area contributed by atoms with Gasteiger partial charge in [0, 0.05) is 37.6 Å². The van der Waals surface area contributed by atoms with Gasteiger partial charge in [-0.1, -0.05) is 35.9 Å². The molecule has 0 saturated carbocycles. The van der Waals surface area contributed by atoms with Crippen LogP contribution in [0.2, 0.25) is 0 Å². The van der Waals surface area contributed by atoms with Gasteiger partial charge < -0.3 is 14.2 Å². The van der Waals surface area contributed by atoms with E-state index in [1.54, 1.807) is 21.3 Å². The Bertz CT molecular complexity index is 911. The maximum Gasteiger partial charge on any atom is 0.203 e. The molecule has 1 heterocycles. The molecule has 0 fully saturated rings. The lowest BCUT2D eigenvalue weighted by Gasteiger charge is -2.25. The Morgan fingerprint density at radius 2 is 1.31 bits per heavy atom. The monoisotopic (exact) mass is 392 g/mol. The number of aromatic nitrogens is 1. The Labute approximate surface area is 172 Å². The summed E-state index contributed by atoms with van der Waals surface area (Å²) in [5.74, 6) is 1.98. The second kappa shape index (κ2) is 9.94. The van der Waals surface area contributed by atoms with Crippen molar-refractivity contribution in [1.29, 1.82) is 0 Å². The van der Waals surface area contributed by atoms with Gasteiger partial charge in [-0.15, -0.1) is 0 Å². The van der Waals surface area contributed by atoms with Crippen molar-refractivity contribution in [2.24, 2.45) is 0 Å². The maximum atomic E-state index is 5.69. The summed E-state index contributed by atoms with van der Waals surface area (Å²) in [6.07, 6.45) is 3.66. The molecule has 2 aromatic carbocycles. The highest BCUT2D eigenvalue weighted by Crippen LogP contribution is 2.40. The van der Waals surface area contributed by atoms with Gasteiger partial charge in [-0.05, 0) is 36.2 Å². The zero-order chi connectivity index (χ0) is 20.6.